The standard InChI is InChI=1S/C26H48O3S2Si2/c1-20(27)18-26(30-13-12-14-31-26)19-21-15-22(28-32(8,9)24(2,3)4)17-23(16-21)29-33(10,11)25(5,6)7/h15-17,20,27H,12-14,18-19H2,1-11H3/t20-/m1/s1. The molecule has 190 valence electrons. The lowest BCUT2D eigenvalue weighted by Crippen LogP contribution is -2.44. The molecule has 7 heteroatoms. The Morgan fingerprint density at radius 1 is 0.879 bits per heavy atom. The fourth-order valence-corrected chi connectivity index (χ4v) is 9.04. The van der Waals surface area contributed by atoms with Crippen LogP contribution in [-0.4, -0.2) is 43.4 Å². The Morgan fingerprint density at radius 3 is 1.67 bits per heavy atom. The van der Waals surface area contributed by atoms with Gasteiger partial charge in [0.1, 0.15) is 11.5 Å². The molecule has 2 rings (SSSR count). The van der Waals surface area contributed by atoms with E-state index in [-0.39, 0.29) is 20.3 Å². The van der Waals surface area contributed by atoms with Gasteiger partial charge in [-0.05, 0) is 91.7 Å². The van der Waals surface area contributed by atoms with Crippen molar-refractivity contribution >= 4 is 40.2 Å². The SMILES string of the molecule is C[C@@H](O)CC1(Cc2cc(O[Si](C)(C)C(C)(C)C)cc(O[Si](C)(C)C(C)(C)C)c2)SCCCS1. The molecule has 1 aromatic rings. The second kappa shape index (κ2) is 10.5. The van der Waals surface area contributed by atoms with E-state index in [9.17, 15) is 5.11 Å². The van der Waals surface area contributed by atoms with E-state index in [1.54, 1.807) is 0 Å². The van der Waals surface area contributed by atoms with Crippen molar-refractivity contribution in [2.45, 2.75) is 114 Å². The molecule has 1 aliphatic rings. The number of aliphatic hydroxyl groups excluding tert-OH is 1. The fourth-order valence-electron chi connectivity index (χ4n) is 3.42. The lowest BCUT2D eigenvalue weighted by molar-refractivity contribution is 0.180. The summed E-state index contributed by atoms with van der Waals surface area (Å²) in [6.45, 7) is 24.8. The molecule has 0 aromatic heterocycles. The Morgan fingerprint density at radius 2 is 1.30 bits per heavy atom. The molecule has 0 radical (unpaired) electrons. The number of thioether (sulfide) groups is 2. The number of rotatable bonds is 8. The summed E-state index contributed by atoms with van der Waals surface area (Å²) < 4.78 is 13.5. The van der Waals surface area contributed by atoms with Crippen LogP contribution in [0.1, 0.15) is 66.9 Å². The Balaban J connectivity index is 2.48. The molecule has 0 spiro atoms. The first-order valence-electron chi connectivity index (χ1n) is 12.3. The highest BCUT2D eigenvalue weighted by molar-refractivity contribution is 8.18. The van der Waals surface area contributed by atoms with Crippen LogP contribution in [0.5, 0.6) is 11.5 Å². The fraction of sp³-hybridized carbons (Fsp3) is 0.769. The molecule has 0 unspecified atom stereocenters. The molecule has 0 saturated carbocycles. The molecule has 1 aliphatic heterocycles. The van der Waals surface area contributed by atoms with E-state index >= 15 is 0 Å². The summed E-state index contributed by atoms with van der Waals surface area (Å²) in [5.41, 5.74) is 1.25. The molecule has 1 saturated heterocycles. The van der Waals surface area contributed by atoms with Gasteiger partial charge < -0.3 is 14.0 Å². The van der Waals surface area contributed by atoms with E-state index in [4.69, 9.17) is 8.85 Å². The van der Waals surface area contributed by atoms with Gasteiger partial charge in [0.05, 0.1) is 10.2 Å². The van der Waals surface area contributed by atoms with Gasteiger partial charge >= 0.3 is 0 Å². The van der Waals surface area contributed by atoms with Crippen molar-refractivity contribution in [2.24, 2.45) is 0 Å². The smallest absolute Gasteiger partial charge is 0.250 e. The van der Waals surface area contributed by atoms with Gasteiger partial charge in [-0.25, -0.2) is 0 Å². The van der Waals surface area contributed by atoms with Crippen molar-refractivity contribution in [3.05, 3.63) is 23.8 Å². The quantitative estimate of drug-likeness (QED) is 0.343. The maximum atomic E-state index is 10.3. The predicted molar refractivity (Wildman–Crippen MR) is 154 cm³/mol. The zero-order chi connectivity index (χ0) is 25.3. The first-order valence-corrected chi connectivity index (χ1v) is 20.1. The van der Waals surface area contributed by atoms with Gasteiger partial charge in [0, 0.05) is 6.07 Å². The van der Waals surface area contributed by atoms with Crippen molar-refractivity contribution in [3.63, 3.8) is 0 Å². The summed E-state index contributed by atoms with van der Waals surface area (Å²) in [5, 5.41) is 10.5. The monoisotopic (exact) mass is 528 g/mol. The van der Waals surface area contributed by atoms with Crippen molar-refractivity contribution in [3.8, 4) is 11.5 Å². The third-order valence-corrected chi connectivity index (χ3v) is 19.5. The second-order valence-corrected chi connectivity index (χ2v) is 25.4. The van der Waals surface area contributed by atoms with Gasteiger partial charge in [0.2, 0.25) is 16.6 Å². The normalized spacial score (nSPS) is 18.7. The highest BCUT2D eigenvalue weighted by Gasteiger charge is 2.41. The third-order valence-electron chi connectivity index (χ3n) is 7.40. The van der Waals surface area contributed by atoms with Crippen LogP contribution in [0, 0.1) is 0 Å². The van der Waals surface area contributed by atoms with E-state index in [0.717, 1.165) is 35.8 Å². The molecule has 0 amide bonds. The van der Waals surface area contributed by atoms with Crippen molar-refractivity contribution in [1.82, 2.24) is 0 Å². The molecule has 3 nitrogen and oxygen atoms in total. The summed E-state index contributed by atoms with van der Waals surface area (Å²) in [7, 11) is -3.96. The zero-order valence-electron chi connectivity index (χ0n) is 22.9. The summed E-state index contributed by atoms with van der Waals surface area (Å²) in [6, 6.07) is 6.59. The van der Waals surface area contributed by atoms with Crippen molar-refractivity contribution in [1.29, 1.82) is 0 Å². The zero-order valence-corrected chi connectivity index (χ0v) is 26.6. The molecule has 33 heavy (non-hydrogen) atoms. The molecule has 1 aromatic carbocycles. The second-order valence-electron chi connectivity index (χ2n) is 12.7. The van der Waals surface area contributed by atoms with E-state index in [0.29, 0.717) is 0 Å². The first kappa shape index (κ1) is 29.1. The summed E-state index contributed by atoms with van der Waals surface area (Å²) in [4.78, 5) is 0. The minimum atomic E-state index is -1.98. The average molecular weight is 529 g/mol. The Labute approximate surface area is 214 Å². The summed E-state index contributed by atoms with van der Waals surface area (Å²) in [5.74, 6) is 4.19. The molecule has 1 atom stereocenters. The number of hydrogen-bond acceptors (Lipinski definition) is 5. The summed E-state index contributed by atoms with van der Waals surface area (Å²) >= 11 is 4.04. The maximum absolute atomic E-state index is 10.3. The molecular formula is C26H48O3S2Si2. The van der Waals surface area contributed by atoms with Crippen LogP contribution >= 0.6 is 23.5 Å². The Kier molecular flexibility index (Phi) is 9.27. The molecule has 0 bridgehead atoms. The highest BCUT2D eigenvalue weighted by Crippen LogP contribution is 2.49. The van der Waals surface area contributed by atoms with Gasteiger partial charge in [-0.1, -0.05) is 41.5 Å². The summed E-state index contributed by atoms with van der Waals surface area (Å²) in [6.07, 6.45) is 2.65. The van der Waals surface area contributed by atoms with Crippen LogP contribution in [0.3, 0.4) is 0 Å². The number of aliphatic hydroxyl groups is 1. The minimum Gasteiger partial charge on any atom is -0.543 e. The predicted octanol–water partition coefficient (Wildman–Crippen LogP) is 8.33. The van der Waals surface area contributed by atoms with Crippen LogP contribution < -0.4 is 8.85 Å². The van der Waals surface area contributed by atoms with E-state index < -0.39 is 16.6 Å². The van der Waals surface area contributed by atoms with Gasteiger partial charge in [-0.3, -0.25) is 0 Å². The number of hydrogen-bond donors (Lipinski definition) is 1. The van der Waals surface area contributed by atoms with Crippen molar-refractivity contribution < 1.29 is 14.0 Å². The molecule has 1 N–H and O–H groups in total. The first-order chi connectivity index (χ1) is 14.9. The average Bonchev–Trinajstić information content (AvgIpc) is 2.58. The van der Waals surface area contributed by atoms with Crippen LogP contribution in [0.25, 0.3) is 0 Å². The maximum Gasteiger partial charge on any atom is 0.250 e. The molecule has 0 aliphatic carbocycles. The van der Waals surface area contributed by atoms with Gasteiger partial charge in [-0.15, -0.1) is 23.5 Å². The molecular weight excluding hydrogens is 481 g/mol. The molecule has 1 heterocycles. The Hall–Kier alpha value is -0.0862. The van der Waals surface area contributed by atoms with Crippen LogP contribution in [0.2, 0.25) is 36.3 Å². The van der Waals surface area contributed by atoms with E-state index in [1.165, 1.54) is 12.0 Å². The van der Waals surface area contributed by atoms with E-state index in [1.807, 2.05) is 30.4 Å². The van der Waals surface area contributed by atoms with Crippen LogP contribution in [0.15, 0.2) is 18.2 Å². The van der Waals surface area contributed by atoms with Crippen molar-refractivity contribution in [2.75, 3.05) is 11.5 Å². The van der Waals surface area contributed by atoms with Gasteiger partial charge in [-0.2, -0.15) is 0 Å². The van der Waals surface area contributed by atoms with E-state index in [2.05, 4.69) is 85.9 Å². The number of benzene rings is 1. The third kappa shape index (κ3) is 7.96. The van der Waals surface area contributed by atoms with Crippen LogP contribution in [-0.2, 0) is 6.42 Å². The lowest BCUT2D eigenvalue weighted by atomic mass is 10.0. The van der Waals surface area contributed by atoms with Crippen LogP contribution in [0.4, 0.5) is 0 Å². The topological polar surface area (TPSA) is 38.7 Å². The lowest BCUT2D eigenvalue weighted by Gasteiger charge is -2.39. The Bertz CT molecular complexity index is 743. The van der Waals surface area contributed by atoms with Gasteiger partial charge in [0.25, 0.3) is 0 Å². The van der Waals surface area contributed by atoms with Gasteiger partial charge in [0.15, 0.2) is 0 Å². The molecule has 1 fully saturated rings. The largest absolute Gasteiger partial charge is 0.543 e. The highest BCUT2D eigenvalue weighted by atomic mass is 32.2. The minimum absolute atomic E-state index is 0.0102.